The topological polar surface area (TPSA) is 96.8 Å². The standard InChI is InChI=1S/C21H21ClN6O2/c1-5-28(10-17-24-16-9-13(22)6-7-14(16)20(29)25-17)21(30)15-8-11(2)23-19-18(15)12(3)26-27(19)4/h6-9H,5,10H2,1-4H3,(H,24,25,29). The molecule has 0 aliphatic heterocycles. The second-order valence-corrected chi connectivity index (χ2v) is 7.65. The number of H-pyrrole nitrogens is 1. The van der Waals surface area contributed by atoms with Gasteiger partial charge in [0.1, 0.15) is 5.82 Å². The number of amides is 1. The number of hydrogen-bond donors (Lipinski definition) is 1. The molecule has 30 heavy (non-hydrogen) atoms. The van der Waals surface area contributed by atoms with Crippen molar-refractivity contribution < 1.29 is 4.79 Å². The molecule has 4 rings (SSSR count). The van der Waals surface area contributed by atoms with Crippen molar-refractivity contribution in [2.24, 2.45) is 7.05 Å². The molecule has 0 spiro atoms. The number of benzene rings is 1. The zero-order valence-corrected chi connectivity index (χ0v) is 17.9. The molecule has 0 aliphatic carbocycles. The Labute approximate surface area is 177 Å². The predicted octanol–water partition coefficient (Wildman–Crippen LogP) is 3.14. The van der Waals surface area contributed by atoms with E-state index in [4.69, 9.17) is 11.6 Å². The van der Waals surface area contributed by atoms with Crippen molar-refractivity contribution in [3.05, 3.63) is 62.4 Å². The van der Waals surface area contributed by atoms with E-state index in [1.54, 1.807) is 33.8 Å². The smallest absolute Gasteiger partial charge is 0.258 e. The van der Waals surface area contributed by atoms with Crippen LogP contribution in [0.5, 0.6) is 0 Å². The first-order valence-corrected chi connectivity index (χ1v) is 9.95. The van der Waals surface area contributed by atoms with E-state index >= 15 is 0 Å². The van der Waals surface area contributed by atoms with Gasteiger partial charge in [-0.05, 0) is 45.0 Å². The molecule has 8 nitrogen and oxygen atoms in total. The molecule has 1 N–H and O–H groups in total. The highest BCUT2D eigenvalue weighted by atomic mass is 35.5. The summed E-state index contributed by atoms with van der Waals surface area (Å²) < 4.78 is 1.68. The van der Waals surface area contributed by atoms with Crippen LogP contribution >= 0.6 is 11.6 Å². The van der Waals surface area contributed by atoms with Gasteiger partial charge in [0.2, 0.25) is 0 Å². The maximum absolute atomic E-state index is 13.4. The van der Waals surface area contributed by atoms with Crippen LogP contribution in [0.25, 0.3) is 21.9 Å². The Hall–Kier alpha value is -3.26. The van der Waals surface area contributed by atoms with E-state index in [9.17, 15) is 9.59 Å². The minimum Gasteiger partial charge on any atom is -0.331 e. The van der Waals surface area contributed by atoms with Crippen molar-refractivity contribution in [3.8, 4) is 0 Å². The third-order valence-electron chi connectivity index (χ3n) is 5.05. The molecule has 0 unspecified atom stereocenters. The normalized spacial score (nSPS) is 11.4. The largest absolute Gasteiger partial charge is 0.331 e. The first-order valence-electron chi connectivity index (χ1n) is 9.57. The van der Waals surface area contributed by atoms with E-state index in [1.807, 2.05) is 27.8 Å². The van der Waals surface area contributed by atoms with Gasteiger partial charge in [0.25, 0.3) is 11.5 Å². The van der Waals surface area contributed by atoms with Gasteiger partial charge in [-0.1, -0.05) is 11.6 Å². The molecule has 3 heterocycles. The van der Waals surface area contributed by atoms with Crippen LogP contribution in [0.4, 0.5) is 0 Å². The number of rotatable bonds is 4. The number of halogens is 1. The highest BCUT2D eigenvalue weighted by Crippen LogP contribution is 2.23. The molecule has 4 aromatic rings. The second-order valence-electron chi connectivity index (χ2n) is 7.21. The van der Waals surface area contributed by atoms with Gasteiger partial charge in [-0.3, -0.25) is 14.3 Å². The first kappa shape index (κ1) is 20.0. The van der Waals surface area contributed by atoms with Crippen LogP contribution in [-0.4, -0.2) is 42.1 Å². The number of aryl methyl sites for hydroxylation is 3. The van der Waals surface area contributed by atoms with Crippen LogP contribution in [0.15, 0.2) is 29.1 Å². The van der Waals surface area contributed by atoms with Gasteiger partial charge in [-0.15, -0.1) is 0 Å². The Morgan fingerprint density at radius 1 is 1.23 bits per heavy atom. The molecule has 0 aliphatic rings. The molecule has 1 aromatic carbocycles. The van der Waals surface area contributed by atoms with E-state index < -0.39 is 0 Å². The molecule has 0 fully saturated rings. The fourth-order valence-electron chi connectivity index (χ4n) is 3.65. The first-order chi connectivity index (χ1) is 14.3. The van der Waals surface area contributed by atoms with Crippen LogP contribution in [0.1, 0.15) is 34.5 Å². The monoisotopic (exact) mass is 424 g/mol. The van der Waals surface area contributed by atoms with Gasteiger partial charge in [0, 0.05) is 24.3 Å². The van der Waals surface area contributed by atoms with Gasteiger partial charge in [0.05, 0.1) is 34.1 Å². The van der Waals surface area contributed by atoms with Crippen molar-refractivity contribution in [3.63, 3.8) is 0 Å². The van der Waals surface area contributed by atoms with E-state index in [2.05, 4.69) is 20.1 Å². The average molecular weight is 425 g/mol. The molecule has 1 amide bonds. The number of aromatic amines is 1. The van der Waals surface area contributed by atoms with Crippen molar-refractivity contribution >= 4 is 39.4 Å². The SMILES string of the molecule is CCN(Cc1nc2cc(Cl)ccc2c(=O)[nH]1)C(=O)c1cc(C)nc2c1c(C)nn2C. The number of hydrogen-bond acceptors (Lipinski definition) is 5. The minimum atomic E-state index is -0.264. The Kier molecular flexibility index (Phi) is 5.03. The third-order valence-corrected chi connectivity index (χ3v) is 5.29. The molecule has 9 heteroatoms. The van der Waals surface area contributed by atoms with E-state index in [1.165, 1.54) is 0 Å². The molecule has 154 valence electrons. The zero-order chi connectivity index (χ0) is 21.6. The van der Waals surface area contributed by atoms with Crippen LogP contribution in [0, 0.1) is 13.8 Å². The lowest BCUT2D eigenvalue weighted by Gasteiger charge is -2.21. The van der Waals surface area contributed by atoms with Crippen LogP contribution in [-0.2, 0) is 13.6 Å². The summed E-state index contributed by atoms with van der Waals surface area (Å²) in [6, 6.07) is 6.70. The molecule has 0 saturated heterocycles. The third kappa shape index (κ3) is 3.43. The highest BCUT2D eigenvalue weighted by molar-refractivity contribution is 6.31. The molecule has 0 atom stereocenters. The van der Waals surface area contributed by atoms with Crippen LogP contribution in [0.3, 0.4) is 0 Å². The summed E-state index contributed by atoms with van der Waals surface area (Å²) in [4.78, 5) is 39.3. The molecule has 0 bridgehead atoms. The van der Waals surface area contributed by atoms with E-state index in [0.29, 0.717) is 39.5 Å². The van der Waals surface area contributed by atoms with Crippen LogP contribution in [0.2, 0.25) is 5.02 Å². The van der Waals surface area contributed by atoms with Gasteiger partial charge >= 0.3 is 0 Å². The van der Waals surface area contributed by atoms with Crippen LogP contribution < -0.4 is 5.56 Å². The summed E-state index contributed by atoms with van der Waals surface area (Å²) in [7, 11) is 1.81. The molecule has 0 saturated carbocycles. The molecular weight excluding hydrogens is 404 g/mol. The number of carbonyl (C=O) groups is 1. The Morgan fingerprint density at radius 3 is 2.73 bits per heavy atom. The highest BCUT2D eigenvalue weighted by Gasteiger charge is 2.22. The van der Waals surface area contributed by atoms with E-state index in [-0.39, 0.29) is 18.0 Å². The quantitative estimate of drug-likeness (QED) is 0.542. The Balaban J connectivity index is 1.75. The maximum atomic E-state index is 13.4. The zero-order valence-electron chi connectivity index (χ0n) is 17.2. The lowest BCUT2D eigenvalue weighted by atomic mass is 10.1. The summed E-state index contributed by atoms with van der Waals surface area (Å²) >= 11 is 6.04. The number of fused-ring (bicyclic) bond motifs is 2. The molecule has 0 radical (unpaired) electrons. The lowest BCUT2D eigenvalue weighted by Crippen LogP contribution is -2.32. The van der Waals surface area contributed by atoms with Gasteiger partial charge in [-0.25, -0.2) is 9.97 Å². The predicted molar refractivity (Wildman–Crippen MR) is 116 cm³/mol. The van der Waals surface area contributed by atoms with Gasteiger partial charge in [-0.2, -0.15) is 5.10 Å². The maximum Gasteiger partial charge on any atom is 0.258 e. The summed E-state index contributed by atoms with van der Waals surface area (Å²) in [6.07, 6.45) is 0. The van der Waals surface area contributed by atoms with Gasteiger partial charge < -0.3 is 9.88 Å². The molecular formula is C21H21ClN6O2. The number of nitrogens with zero attached hydrogens (tertiary/aromatic N) is 5. The Morgan fingerprint density at radius 2 is 2.00 bits per heavy atom. The van der Waals surface area contributed by atoms with Crippen molar-refractivity contribution in [1.82, 2.24) is 29.6 Å². The van der Waals surface area contributed by atoms with Crippen molar-refractivity contribution in [2.45, 2.75) is 27.3 Å². The fraction of sp³-hybridized carbons (Fsp3) is 0.286. The summed E-state index contributed by atoms with van der Waals surface area (Å²) in [5, 5.41) is 6.09. The summed E-state index contributed by atoms with van der Waals surface area (Å²) in [5.41, 5.74) is 2.91. The van der Waals surface area contributed by atoms with Crippen molar-refractivity contribution in [1.29, 1.82) is 0 Å². The fourth-order valence-corrected chi connectivity index (χ4v) is 3.82. The number of carbonyl (C=O) groups excluding carboxylic acids is 1. The number of nitrogens with one attached hydrogen (secondary N) is 1. The lowest BCUT2D eigenvalue weighted by molar-refractivity contribution is 0.0750. The second kappa shape index (κ2) is 7.53. The van der Waals surface area contributed by atoms with E-state index in [0.717, 1.165) is 16.8 Å². The molecule has 3 aromatic heterocycles. The average Bonchev–Trinajstić information content (AvgIpc) is 2.98. The summed E-state index contributed by atoms with van der Waals surface area (Å²) in [5.74, 6) is 0.229. The summed E-state index contributed by atoms with van der Waals surface area (Å²) in [6.45, 7) is 6.20. The Bertz CT molecular complexity index is 1360. The van der Waals surface area contributed by atoms with Crippen molar-refractivity contribution in [2.75, 3.05) is 6.54 Å². The number of aromatic nitrogens is 5. The van der Waals surface area contributed by atoms with Gasteiger partial charge in [0.15, 0.2) is 5.65 Å². The number of pyridine rings is 1. The minimum absolute atomic E-state index is 0.162.